The van der Waals surface area contributed by atoms with Crippen LogP contribution in [0.4, 0.5) is 0 Å². The van der Waals surface area contributed by atoms with Gasteiger partial charge in [-0.1, -0.05) is 11.6 Å². The third-order valence-electron chi connectivity index (χ3n) is 2.79. The number of phenolic OH excluding ortho intramolecular Hbond substituents is 1. The number of nitrogens with one attached hydrogen (secondary N) is 1. The van der Waals surface area contributed by atoms with E-state index < -0.39 is 0 Å². The lowest BCUT2D eigenvalue weighted by Crippen LogP contribution is -2.19. The van der Waals surface area contributed by atoms with Crippen molar-refractivity contribution in [3.05, 3.63) is 53.1 Å². The van der Waals surface area contributed by atoms with Gasteiger partial charge in [-0.15, -0.1) is 11.8 Å². The molecule has 0 aromatic heterocycles. The quantitative estimate of drug-likeness (QED) is 0.476. The Labute approximate surface area is 143 Å². The highest BCUT2D eigenvalue weighted by Crippen LogP contribution is 2.25. The minimum absolute atomic E-state index is 0.0491. The summed E-state index contributed by atoms with van der Waals surface area (Å²) in [7, 11) is 1.46. The maximum atomic E-state index is 11.7. The first-order chi connectivity index (χ1) is 11.1. The Kier molecular flexibility index (Phi) is 6.31. The maximum Gasteiger partial charge on any atom is 0.250 e. The molecule has 2 rings (SSSR count). The van der Waals surface area contributed by atoms with Gasteiger partial charge >= 0.3 is 0 Å². The molecule has 0 atom stereocenters. The molecule has 120 valence electrons. The Hall–Kier alpha value is -2.18. The number of carbonyl (C=O) groups is 1. The van der Waals surface area contributed by atoms with Gasteiger partial charge in [0.2, 0.25) is 5.91 Å². The van der Waals surface area contributed by atoms with Crippen LogP contribution >= 0.6 is 23.4 Å². The molecule has 2 aromatic carbocycles. The molecule has 2 aromatic rings. The second-order valence-corrected chi connectivity index (χ2v) is 5.95. The normalized spacial score (nSPS) is 10.7. The molecule has 7 heteroatoms. The van der Waals surface area contributed by atoms with Crippen molar-refractivity contribution in [3.8, 4) is 11.5 Å². The van der Waals surface area contributed by atoms with Gasteiger partial charge in [0.25, 0.3) is 0 Å². The van der Waals surface area contributed by atoms with Crippen LogP contribution in [0, 0.1) is 0 Å². The van der Waals surface area contributed by atoms with Crippen LogP contribution in [0.2, 0.25) is 5.02 Å². The number of thioether (sulfide) groups is 1. The zero-order chi connectivity index (χ0) is 16.7. The summed E-state index contributed by atoms with van der Waals surface area (Å²) in [6.45, 7) is 0. The minimum Gasteiger partial charge on any atom is -0.504 e. The third kappa shape index (κ3) is 5.50. The smallest absolute Gasteiger partial charge is 0.250 e. The average Bonchev–Trinajstić information content (AvgIpc) is 2.56. The van der Waals surface area contributed by atoms with Crippen LogP contribution < -0.4 is 10.2 Å². The summed E-state index contributed by atoms with van der Waals surface area (Å²) in [6.07, 6.45) is 1.48. The number of benzene rings is 2. The van der Waals surface area contributed by atoms with Gasteiger partial charge in [-0.2, -0.15) is 5.10 Å². The highest BCUT2D eigenvalue weighted by molar-refractivity contribution is 8.00. The van der Waals surface area contributed by atoms with Crippen molar-refractivity contribution >= 4 is 35.5 Å². The number of halogens is 1. The number of methoxy groups -OCH3 is 1. The molecule has 0 saturated carbocycles. The monoisotopic (exact) mass is 350 g/mol. The van der Waals surface area contributed by atoms with Crippen LogP contribution in [0.15, 0.2) is 52.5 Å². The van der Waals surface area contributed by atoms with E-state index in [-0.39, 0.29) is 17.4 Å². The first-order valence-corrected chi connectivity index (χ1v) is 8.02. The Bertz CT molecular complexity index is 705. The zero-order valence-corrected chi connectivity index (χ0v) is 13.9. The number of aromatic hydroxyl groups is 1. The van der Waals surface area contributed by atoms with E-state index >= 15 is 0 Å². The molecule has 23 heavy (non-hydrogen) atoms. The summed E-state index contributed by atoms with van der Waals surface area (Å²) < 4.78 is 5.00. The number of ether oxygens (including phenoxy) is 1. The molecule has 0 spiro atoms. The summed E-state index contributed by atoms with van der Waals surface area (Å²) in [5.74, 6) is 0.427. The van der Waals surface area contributed by atoms with Gasteiger partial charge in [0.05, 0.1) is 19.1 Å². The fourth-order valence-corrected chi connectivity index (χ4v) is 2.48. The summed E-state index contributed by atoms with van der Waals surface area (Å²) >= 11 is 7.19. The molecule has 0 bridgehead atoms. The van der Waals surface area contributed by atoms with E-state index in [1.807, 2.05) is 12.1 Å². The number of hydrogen-bond donors (Lipinski definition) is 2. The lowest BCUT2D eigenvalue weighted by molar-refractivity contribution is -0.118. The predicted octanol–water partition coefficient (Wildman–Crippen LogP) is 3.30. The van der Waals surface area contributed by atoms with Crippen LogP contribution in [0.5, 0.6) is 11.5 Å². The van der Waals surface area contributed by atoms with Crippen molar-refractivity contribution < 1.29 is 14.6 Å². The molecule has 0 saturated heterocycles. The highest BCUT2D eigenvalue weighted by atomic mass is 35.5. The zero-order valence-electron chi connectivity index (χ0n) is 12.3. The van der Waals surface area contributed by atoms with Crippen LogP contribution in [0.25, 0.3) is 0 Å². The molecule has 0 aliphatic heterocycles. The van der Waals surface area contributed by atoms with Crippen molar-refractivity contribution in [2.24, 2.45) is 5.10 Å². The molecule has 1 amide bonds. The van der Waals surface area contributed by atoms with Gasteiger partial charge in [-0.25, -0.2) is 5.43 Å². The van der Waals surface area contributed by atoms with Crippen LogP contribution in [-0.2, 0) is 4.79 Å². The van der Waals surface area contributed by atoms with Gasteiger partial charge in [-0.3, -0.25) is 4.79 Å². The first kappa shape index (κ1) is 17.2. The van der Waals surface area contributed by atoms with Gasteiger partial charge < -0.3 is 9.84 Å². The Morgan fingerprint density at radius 2 is 2.09 bits per heavy atom. The van der Waals surface area contributed by atoms with Gasteiger partial charge in [0.1, 0.15) is 0 Å². The van der Waals surface area contributed by atoms with Crippen molar-refractivity contribution in [3.63, 3.8) is 0 Å². The van der Waals surface area contributed by atoms with Crippen LogP contribution in [-0.4, -0.2) is 30.1 Å². The molecule has 0 aliphatic rings. The first-order valence-electron chi connectivity index (χ1n) is 6.66. The Morgan fingerprint density at radius 1 is 1.35 bits per heavy atom. The second kappa shape index (κ2) is 8.45. The number of phenols is 1. The fourth-order valence-electron chi connectivity index (χ4n) is 1.67. The second-order valence-electron chi connectivity index (χ2n) is 4.47. The van der Waals surface area contributed by atoms with Gasteiger partial charge in [-0.05, 0) is 48.0 Å². The number of carbonyl (C=O) groups excluding carboxylic acids is 1. The van der Waals surface area contributed by atoms with Crippen molar-refractivity contribution in [1.29, 1.82) is 0 Å². The van der Waals surface area contributed by atoms with Crippen molar-refractivity contribution in [2.45, 2.75) is 4.90 Å². The lowest BCUT2D eigenvalue weighted by Gasteiger charge is -2.03. The summed E-state index contributed by atoms with van der Waals surface area (Å²) in [4.78, 5) is 12.7. The number of hydrogen-bond acceptors (Lipinski definition) is 5. The molecule has 0 unspecified atom stereocenters. The molecule has 0 radical (unpaired) electrons. The van der Waals surface area contributed by atoms with E-state index in [0.29, 0.717) is 16.3 Å². The fraction of sp³-hybridized carbons (Fsp3) is 0.125. The number of nitrogens with zero attached hydrogens (tertiary/aromatic N) is 1. The number of rotatable bonds is 6. The SMILES string of the molecule is COc1cc(/C=N\NC(=O)CSc2ccc(Cl)cc2)ccc1O. The minimum atomic E-state index is -0.216. The van der Waals surface area contributed by atoms with E-state index in [4.69, 9.17) is 16.3 Å². The molecule has 5 nitrogen and oxygen atoms in total. The van der Waals surface area contributed by atoms with Gasteiger partial charge in [0.15, 0.2) is 11.5 Å². The van der Waals surface area contributed by atoms with Crippen molar-refractivity contribution in [1.82, 2.24) is 5.43 Å². The Balaban J connectivity index is 1.82. The number of hydrazone groups is 1. The maximum absolute atomic E-state index is 11.7. The van der Waals surface area contributed by atoms with E-state index in [0.717, 1.165) is 4.90 Å². The number of amides is 1. The largest absolute Gasteiger partial charge is 0.504 e. The standard InChI is InChI=1S/C16H15ClN2O3S/c1-22-15-8-11(2-7-14(15)20)9-18-19-16(21)10-23-13-5-3-12(17)4-6-13/h2-9,20H,10H2,1H3,(H,19,21)/b18-9-. The van der Waals surface area contributed by atoms with Crippen molar-refractivity contribution in [2.75, 3.05) is 12.9 Å². The summed E-state index contributed by atoms with van der Waals surface area (Å²) in [6, 6.07) is 12.0. The predicted molar refractivity (Wildman–Crippen MR) is 92.6 cm³/mol. The van der Waals surface area contributed by atoms with E-state index in [1.54, 1.807) is 24.3 Å². The van der Waals surface area contributed by atoms with Crippen LogP contribution in [0.1, 0.15) is 5.56 Å². The molecular weight excluding hydrogens is 336 g/mol. The topological polar surface area (TPSA) is 70.9 Å². The molecule has 0 heterocycles. The van der Waals surface area contributed by atoms with Gasteiger partial charge in [0, 0.05) is 9.92 Å². The molecule has 2 N–H and O–H groups in total. The summed E-state index contributed by atoms with van der Waals surface area (Å²) in [5.41, 5.74) is 3.14. The van der Waals surface area contributed by atoms with E-state index in [2.05, 4.69) is 10.5 Å². The van der Waals surface area contributed by atoms with E-state index in [9.17, 15) is 9.90 Å². The third-order valence-corrected chi connectivity index (χ3v) is 4.05. The highest BCUT2D eigenvalue weighted by Gasteiger charge is 2.03. The molecule has 0 fully saturated rings. The summed E-state index contributed by atoms with van der Waals surface area (Å²) in [5, 5.41) is 14.0. The Morgan fingerprint density at radius 3 is 2.78 bits per heavy atom. The molecule has 0 aliphatic carbocycles. The molecular formula is C16H15ClN2O3S. The van der Waals surface area contributed by atoms with Crippen LogP contribution in [0.3, 0.4) is 0 Å². The van der Waals surface area contributed by atoms with E-state index in [1.165, 1.54) is 31.2 Å². The lowest BCUT2D eigenvalue weighted by atomic mass is 10.2. The average molecular weight is 351 g/mol.